The van der Waals surface area contributed by atoms with E-state index in [1.807, 2.05) is 60.5 Å². The van der Waals surface area contributed by atoms with Gasteiger partial charge < -0.3 is 10.1 Å². The molecule has 146 valence electrons. The minimum atomic E-state index is -0.0302. The Bertz CT molecular complexity index is 901. The van der Waals surface area contributed by atoms with E-state index in [1.165, 1.54) is 0 Å². The van der Waals surface area contributed by atoms with E-state index in [9.17, 15) is 9.59 Å². The van der Waals surface area contributed by atoms with Crippen LogP contribution in [0.25, 0.3) is 6.08 Å². The van der Waals surface area contributed by atoms with Crippen molar-refractivity contribution in [2.45, 2.75) is 19.8 Å². The number of amides is 1. The highest BCUT2D eigenvalue weighted by Crippen LogP contribution is 2.30. The molecule has 3 rings (SSSR count). The molecule has 5 heteroatoms. The van der Waals surface area contributed by atoms with Gasteiger partial charge in [-0.1, -0.05) is 19.1 Å². The van der Waals surface area contributed by atoms with Crippen molar-refractivity contribution in [3.63, 3.8) is 0 Å². The first-order valence-electron chi connectivity index (χ1n) is 9.50. The van der Waals surface area contributed by atoms with E-state index in [1.54, 1.807) is 7.11 Å². The number of carbonyl (C=O) groups is 2. The summed E-state index contributed by atoms with van der Waals surface area (Å²) in [5.41, 5.74) is 4.19. The molecule has 0 spiro atoms. The normalized spacial score (nSPS) is 14.4. The van der Waals surface area contributed by atoms with Crippen LogP contribution in [0.2, 0.25) is 0 Å². The van der Waals surface area contributed by atoms with E-state index >= 15 is 0 Å². The number of fused-ring (bicyclic) bond motifs is 1. The molecule has 0 atom stereocenters. The maximum Gasteiger partial charge on any atom is 0.238 e. The summed E-state index contributed by atoms with van der Waals surface area (Å²) in [6, 6.07) is 13.1. The Morgan fingerprint density at radius 1 is 1.21 bits per heavy atom. The number of ketones is 1. The Kier molecular flexibility index (Phi) is 6.26. The van der Waals surface area contributed by atoms with Crippen LogP contribution in [0.5, 0.6) is 5.75 Å². The van der Waals surface area contributed by atoms with Gasteiger partial charge in [-0.05, 0) is 67.5 Å². The van der Waals surface area contributed by atoms with Gasteiger partial charge in [0, 0.05) is 23.2 Å². The van der Waals surface area contributed by atoms with Gasteiger partial charge in [-0.3, -0.25) is 14.5 Å². The zero-order valence-corrected chi connectivity index (χ0v) is 16.6. The number of Topliss-reactive ketones (excluding diaryl/α,β-unsaturated/α-hetero) is 1. The monoisotopic (exact) mass is 378 g/mol. The van der Waals surface area contributed by atoms with Gasteiger partial charge in [-0.25, -0.2) is 0 Å². The number of allylic oxidation sites excluding steroid dienone is 1. The van der Waals surface area contributed by atoms with E-state index in [-0.39, 0.29) is 11.7 Å². The molecule has 1 N–H and O–H groups in total. The Morgan fingerprint density at radius 2 is 1.96 bits per heavy atom. The zero-order valence-electron chi connectivity index (χ0n) is 16.6. The van der Waals surface area contributed by atoms with Crippen LogP contribution >= 0.6 is 0 Å². The van der Waals surface area contributed by atoms with Crippen LogP contribution in [0.4, 0.5) is 5.69 Å². The fourth-order valence-electron chi connectivity index (χ4n) is 3.41. The zero-order chi connectivity index (χ0) is 20.1. The summed E-state index contributed by atoms with van der Waals surface area (Å²) in [5.74, 6) is 0.795. The number of rotatable bonds is 7. The number of hydrogen-bond acceptors (Lipinski definition) is 4. The van der Waals surface area contributed by atoms with Crippen LogP contribution in [-0.2, 0) is 11.2 Å². The predicted molar refractivity (Wildman–Crippen MR) is 112 cm³/mol. The van der Waals surface area contributed by atoms with Crippen LogP contribution < -0.4 is 10.1 Å². The van der Waals surface area contributed by atoms with Crippen molar-refractivity contribution in [3.05, 3.63) is 64.7 Å². The van der Waals surface area contributed by atoms with Crippen molar-refractivity contribution in [1.82, 2.24) is 4.90 Å². The van der Waals surface area contributed by atoms with Crippen molar-refractivity contribution in [2.24, 2.45) is 0 Å². The minimum absolute atomic E-state index is 0.0302. The average Bonchev–Trinajstić information content (AvgIpc) is 2.98. The van der Waals surface area contributed by atoms with Crippen molar-refractivity contribution in [3.8, 4) is 5.75 Å². The van der Waals surface area contributed by atoms with Gasteiger partial charge in [-0.2, -0.15) is 0 Å². The number of carbonyl (C=O) groups excluding carboxylic acids is 2. The van der Waals surface area contributed by atoms with E-state index < -0.39 is 0 Å². The quantitative estimate of drug-likeness (QED) is 0.745. The molecule has 28 heavy (non-hydrogen) atoms. The molecule has 0 bridgehead atoms. The molecule has 1 aliphatic rings. The first-order valence-corrected chi connectivity index (χ1v) is 9.50. The number of nitrogens with one attached hydrogen (secondary N) is 1. The highest BCUT2D eigenvalue weighted by Gasteiger charge is 2.25. The molecule has 0 aliphatic heterocycles. The molecular weight excluding hydrogens is 352 g/mol. The topological polar surface area (TPSA) is 58.6 Å². The van der Waals surface area contributed by atoms with Crippen LogP contribution in [0.1, 0.15) is 34.8 Å². The number of methoxy groups -OCH3 is 1. The van der Waals surface area contributed by atoms with E-state index in [4.69, 9.17) is 4.74 Å². The molecule has 0 fully saturated rings. The van der Waals surface area contributed by atoms with Crippen LogP contribution in [0.3, 0.4) is 0 Å². The molecule has 2 aromatic carbocycles. The summed E-state index contributed by atoms with van der Waals surface area (Å²) < 4.78 is 5.24. The van der Waals surface area contributed by atoms with Crippen LogP contribution in [0, 0.1) is 0 Å². The molecule has 1 aliphatic carbocycles. The standard InChI is InChI=1S/C23H26N2O3/c1-4-11-25(2)15-22(26)24-19-7-5-16(6-8-19)12-18-13-17-14-20(28-3)9-10-21(17)23(18)27/h5-10,12,14H,4,11,13,15H2,1-3H3,(H,24,26)/b18-12+. The van der Waals surface area contributed by atoms with Gasteiger partial charge >= 0.3 is 0 Å². The third-order valence-electron chi connectivity index (χ3n) is 4.78. The molecule has 1 amide bonds. The Hall–Kier alpha value is -2.92. The fraction of sp³-hybridized carbons (Fsp3) is 0.304. The van der Waals surface area contributed by atoms with E-state index in [0.717, 1.165) is 46.7 Å². The number of anilines is 1. The second-order valence-electron chi connectivity index (χ2n) is 7.11. The Balaban J connectivity index is 1.66. The van der Waals surface area contributed by atoms with Crippen molar-refractivity contribution < 1.29 is 14.3 Å². The van der Waals surface area contributed by atoms with Crippen molar-refractivity contribution in [2.75, 3.05) is 32.6 Å². The van der Waals surface area contributed by atoms with Crippen LogP contribution in [-0.4, -0.2) is 43.8 Å². The summed E-state index contributed by atoms with van der Waals surface area (Å²) in [6.07, 6.45) is 3.53. The number of benzene rings is 2. The Labute approximate surface area is 166 Å². The molecule has 0 saturated carbocycles. The summed E-state index contributed by atoms with van der Waals surface area (Å²) in [6.45, 7) is 3.35. The number of hydrogen-bond donors (Lipinski definition) is 1. The Morgan fingerprint density at radius 3 is 2.64 bits per heavy atom. The van der Waals surface area contributed by atoms with Gasteiger partial charge in [0.1, 0.15) is 5.75 Å². The smallest absolute Gasteiger partial charge is 0.238 e. The van der Waals surface area contributed by atoms with Gasteiger partial charge in [0.05, 0.1) is 13.7 Å². The second kappa shape index (κ2) is 8.85. The third kappa shape index (κ3) is 4.67. The molecule has 0 radical (unpaired) electrons. The fourth-order valence-corrected chi connectivity index (χ4v) is 3.41. The molecule has 5 nitrogen and oxygen atoms in total. The third-order valence-corrected chi connectivity index (χ3v) is 4.78. The molecule has 0 heterocycles. The second-order valence-corrected chi connectivity index (χ2v) is 7.11. The lowest BCUT2D eigenvalue weighted by Gasteiger charge is -2.15. The first-order chi connectivity index (χ1) is 13.5. The van der Waals surface area contributed by atoms with Gasteiger partial charge in [0.15, 0.2) is 5.78 Å². The summed E-state index contributed by atoms with van der Waals surface area (Å²) in [5, 5.41) is 2.91. The summed E-state index contributed by atoms with van der Waals surface area (Å²) in [7, 11) is 3.56. The maximum absolute atomic E-state index is 12.6. The first kappa shape index (κ1) is 19.8. The lowest BCUT2D eigenvalue weighted by molar-refractivity contribution is -0.117. The maximum atomic E-state index is 12.6. The molecule has 0 saturated heterocycles. The molecule has 2 aromatic rings. The van der Waals surface area contributed by atoms with Gasteiger partial charge in [0.25, 0.3) is 0 Å². The van der Waals surface area contributed by atoms with E-state index in [0.29, 0.717) is 13.0 Å². The average molecular weight is 378 g/mol. The molecular formula is C23H26N2O3. The van der Waals surface area contributed by atoms with E-state index in [2.05, 4.69) is 12.2 Å². The largest absolute Gasteiger partial charge is 0.497 e. The lowest BCUT2D eigenvalue weighted by Crippen LogP contribution is -2.30. The number of likely N-dealkylation sites (N-methyl/N-ethyl adjacent to an activating group) is 1. The number of nitrogens with zero attached hydrogens (tertiary/aromatic N) is 1. The summed E-state index contributed by atoms with van der Waals surface area (Å²) in [4.78, 5) is 26.7. The summed E-state index contributed by atoms with van der Waals surface area (Å²) >= 11 is 0. The molecule has 0 aromatic heterocycles. The minimum Gasteiger partial charge on any atom is -0.497 e. The highest BCUT2D eigenvalue weighted by molar-refractivity contribution is 6.15. The molecule has 0 unspecified atom stereocenters. The number of ether oxygens (including phenoxy) is 1. The van der Waals surface area contributed by atoms with Gasteiger partial charge in [0.2, 0.25) is 5.91 Å². The van der Waals surface area contributed by atoms with Crippen molar-refractivity contribution >= 4 is 23.5 Å². The van der Waals surface area contributed by atoms with Gasteiger partial charge in [-0.15, -0.1) is 0 Å². The van der Waals surface area contributed by atoms with Crippen LogP contribution in [0.15, 0.2) is 48.0 Å². The van der Waals surface area contributed by atoms with Crippen molar-refractivity contribution in [1.29, 1.82) is 0 Å². The predicted octanol–water partition coefficient (Wildman–Crippen LogP) is 3.80. The lowest BCUT2D eigenvalue weighted by atomic mass is 10.1. The SMILES string of the molecule is CCCN(C)CC(=O)Nc1ccc(/C=C2\Cc3cc(OC)ccc3C2=O)cc1. The highest BCUT2D eigenvalue weighted by atomic mass is 16.5.